The van der Waals surface area contributed by atoms with Gasteiger partial charge in [0.2, 0.25) is 0 Å². The fourth-order valence-electron chi connectivity index (χ4n) is 5.42. The zero-order valence-corrected chi connectivity index (χ0v) is 22.9. The number of ether oxygens (including phenoxy) is 1. The number of nitrogens with two attached hydrogens (primary N) is 1. The number of rotatable bonds is 12. The largest absolute Gasteiger partial charge is 0.445 e. The molecule has 2 amide bonds. The van der Waals surface area contributed by atoms with Crippen LogP contribution in [0.2, 0.25) is 0 Å². The minimum Gasteiger partial charge on any atom is -0.445 e. The van der Waals surface area contributed by atoms with Crippen molar-refractivity contribution in [1.29, 1.82) is 0 Å². The quantitative estimate of drug-likeness (QED) is 0.249. The molecule has 0 aliphatic heterocycles. The Balaban J connectivity index is 0.950. The van der Waals surface area contributed by atoms with Crippen LogP contribution < -0.4 is 16.4 Å². The molecule has 0 spiro atoms. The second kappa shape index (κ2) is 11.7. The van der Waals surface area contributed by atoms with Gasteiger partial charge in [-0.05, 0) is 84.9 Å². The highest BCUT2D eigenvalue weighted by Gasteiger charge is 2.45. The van der Waals surface area contributed by atoms with E-state index in [0.29, 0.717) is 35.4 Å². The Bertz CT molecular complexity index is 1340. The summed E-state index contributed by atoms with van der Waals surface area (Å²) in [4.78, 5) is 27.7. The van der Waals surface area contributed by atoms with E-state index in [4.69, 9.17) is 10.5 Å². The van der Waals surface area contributed by atoms with Crippen LogP contribution in [0.3, 0.4) is 0 Å². The van der Waals surface area contributed by atoms with Crippen molar-refractivity contribution in [2.75, 3.05) is 24.1 Å². The van der Waals surface area contributed by atoms with Crippen LogP contribution in [-0.2, 0) is 17.9 Å². The molecular weight excluding hydrogens is 500 g/mol. The molecule has 0 radical (unpaired) electrons. The van der Waals surface area contributed by atoms with Gasteiger partial charge >= 0.3 is 6.09 Å². The molecule has 0 saturated heterocycles. The molecular formula is C33H38N4O3. The summed E-state index contributed by atoms with van der Waals surface area (Å²) in [5.74, 6) is 2.21. The number of carbonyl (C=O) groups is 2. The first-order valence-electron chi connectivity index (χ1n) is 14.5. The lowest BCUT2D eigenvalue weighted by atomic mass is 10.1. The van der Waals surface area contributed by atoms with Gasteiger partial charge in [0.05, 0.1) is 11.4 Å². The van der Waals surface area contributed by atoms with E-state index < -0.39 is 6.09 Å². The molecule has 3 aromatic rings. The fraction of sp³-hybridized carbons (Fsp3) is 0.394. The molecule has 0 aromatic heterocycles. The van der Waals surface area contributed by atoms with Gasteiger partial charge in [-0.15, -0.1) is 0 Å². The molecule has 4 N–H and O–H groups in total. The zero-order chi connectivity index (χ0) is 27.5. The van der Waals surface area contributed by atoms with Crippen LogP contribution in [0.4, 0.5) is 16.2 Å². The van der Waals surface area contributed by atoms with Crippen LogP contribution in [0.1, 0.15) is 65.1 Å². The first-order chi connectivity index (χ1) is 19.5. The zero-order valence-electron chi connectivity index (χ0n) is 22.9. The number of hydrogen-bond donors (Lipinski definition) is 3. The number of para-hydroxylation sites is 2. The first kappa shape index (κ1) is 26.4. The Morgan fingerprint density at radius 3 is 2.30 bits per heavy atom. The molecule has 6 rings (SSSR count). The summed E-state index contributed by atoms with van der Waals surface area (Å²) in [6, 6.07) is 23.4. The Morgan fingerprint density at radius 2 is 1.60 bits per heavy atom. The van der Waals surface area contributed by atoms with Gasteiger partial charge in [-0.1, -0.05) is 48.5 Å². The van der Waals surface area contributed by atoms with Gasteiger partial charge in [-0.2, -0.15) is 0 Å². The van der Waals surface area contributed by atoms with E-state index in [9.17, 15) is 9.59 Å². The Kier molecular flexibility index (Phi) is 7.73. The Labute approximate surface area is 236 Å². The molecule has 208 valence electrons. The highest BCUT2D eigenvalue weighted by atomic mass is 16.5. The molecule has 0 heterocycles. The third-order valence-corrected chi connectivity index (χ3v) is 8.22. The lowest BCUT2D eigenvalue weighted by Gasteiger charge is -2.22. The van der Waals surface area contributed by atoms with E-state index in [1.807, 2.05) is 30.3 Å². The average molecular weight is 539 g/mol. The summed E-state index contributed by atoms with van der Waals surface area (Å²) in [5.41, 5.74) is 10.8. The van der Waals surface area contributed by atoms with Crippen molar-refractivity contribution in [2.45, 2.75) is 57.2 Å². The van der Waals surface area contributed by atoms with Gasteiger partial charge < -0.3 is 21.1 Å². The highest BCUT2D eigenvalue weighted by Crippen LogP contribution is 2.47. The van der Waals surface area contributed by atoms with E-state index in [0.717, 1.165) is 23.0 Å². The minimum atomic E-state index is -0.462. The molecule has 3 aromatic carbocycles. The van der Waals surface area contributed by atoms with Crippen LogP contribution in [0.25, 0.3) is 0 Å². The summed E-state index contributed by atoms with van der Waals surface area (Å²) in [6.45, 7) is 3.11. The molecule has 7 nitrogen and oxygen atoms in total. The maximum atomic E-state index is 12.5. The lowest BCUT2D eigenvalue weighted by molar-refractivity contribution is 0.102. The number of nitrogen functional groups attached to an aromatic ring is 1. The minimum absolute atomic E-state index is 0.241. The fourth-order valence-corrected chi connectivity index (χ4v) is 5.42. The smallest absolute Gasteiger partial charge is 0.407 e. The van der Waals surface area contributed by atoms with Crippen molar-refractivity contribution in [3.05, 3.63) is 95.1 Å². The van der Waals surface area contributed by atoms with Crippen LogP contribution in [-0.4, -0.2) is 36.0 Å². The summed E-state index contributed by atoms with van der Waals surface area (Å²) >= 11 is 0. The molecule has 40 heavy (non-hydrogen) atoms. The maximum Gasteiger partial charge on any atom is 0.407 e. The second-order valence-electron chi connectivity index (χ2n) is 11.7. The predicted octanol–water partition coefficient (Wildman–Crippen LogP) is 5.93. The van der Waals surface area contributed by atoms with Crippen LogP contribution in [0, 0.1) is 11.8 Å². The van der Waals surface area contributed by atoms with Gasteiger partial charge in [0.25, 0.3) is 5.91 Å². The number of nitrogens with one attached hydrogen (secondary N) is 2. The van der Waals surface area contributed by atoms with Crippen molar-refractivity contribution in [3.63, 3.8) is 0 Å². The number of alkyl carbamates (subject to hydrolysis) is 1. The molecule has 7 heteroatoms. The Morgan fingerprint density at radius 1 is 0.875 bits per heavy atom. The molecule has 0 unspecified atom stereocenters. The van der Waals surface area contributed by atoms with Crippen LogP contribution in [0.15, 0.2) is 72.8 Å². The van der Waals surface area contributed by atoms with Gasteiger partial charge in [-0.25, -0.2) is 4.79 Å². The number of nitrogens with zero attached hydrogens (tertiary/aromatic N) is 1. The van der Waals surface area contributed by atoms with E-state index in [2.05, 4.69) is 33.7 Å². The summed E-state index contributed by atoms with van der Waals surface area (Å²) in [7, 11) is 0. The summed E-state index contributed by atoms with van der Waals surface area (Å²) < 4.78 is 5.50. The maximum absolute atomic E-state index is 12.5. The van der Waals surface area contributed by atoms with E-state index in [1.54, 1.807) is 24.3 Å². The van der Waals surface area contributed by atoms with Crippen molar-refractivity contribution in [2.24, 2.45) is 11.8 Å². The van der Waals surface area contributed by atoms with Crippen molar-refractivity contribution in [1.82, 2.24) is 10.2 Å². The molecule has 0 bridgehead atoms. The van der Waals surface area contributed by atoms with Gasteiger partial charge in [0.1, 0.15) is 6.61 Å². The number of amides is 2. The summed E-state index contributed by atoms with van der Waals surface area (Å²) in [5, 5.41) is 5.61. The standard InChI is InChI=1S/C33H38N4O3/c34-29-6-1-2-7-30(29)36-32(38)26-14-12-22(13-15-26)18-35-33(39)40-21-25-4-3-5-27(16-25)28-17-31(28)37(19-23-8-9-23)20-24-10-11-24/h1-7,12-16,23-24,28,31H,8-11,17-21,34H2,(H,35,39)(H,36,38)/t28-,31+/m1/s1. The predicted molar refractivity (Wildman–Crippen MR) is 157 cm³/mol. The number of benzene rings is 3. The van der Waals surface area contributed by atoms with E-state index >= 15 is 0 Å². The SMILES string of the molecule is Nc1ccccc1NC(=O)c1ccc(CNC(=O)OCc2cccc([C@H]3C[C@@H]3N(CC3CC3)CC3CC3)c2)cc1. The second-order valence-corrected chi connectivity index (χ2v) is 11.7. The summed E-state index contributed by atoms with van der Waals surface area (Å²) in [6.07, 6.45) is 6.39. The van der Waals surface area contributed by atoms with Gasteiger partial charge in [-0.3, -0.25) is 9.69 Å². The molecule has 3 aliphatic carbocycles. The van der Waals surface area contributed by atoms with E-state index in [-0.39, 0.29) is 12.5 Å². The van der Waals surface area contributed by atoms with Crippen LogP contribution >= 0.6 is 0 Å². The first-order valence-corrected chi connectivity index (χ1v) is 14.5. The molecule has 3 fully saturated rings. The van der Waals surface area contributed by atoms with Gasteiger partial charge in [0, 0.05) is 37.2 Å². The number of anilines is 2. The van der Waals surface area contributed by atoms with Crippen molar-refractivity contribution < 1.29 is 14.3 Å². The molecule has 3 aliphatic rings. The van der Waals surface area contributed by atoms with Crippen LogP contribution in [0.5, 0.6) is 0 Å². The third-order valence-electron chi connectivity index (χ3n) is 8.22. The number of hydrogen-bond acceptors (Lipinski definition) is 5. The molecule has 2 atom stereocenters. The van der Waals surface area contributed by atoms with E-state index in [1.165, 1.54) is 50.8 Å². The van der Waals surface area contributed by atoms with Gasteiger partial charge in [0.15, 0.2) is 0 Å². The molecule has 3 saturated carbocycles. The highest BCUT2D eigenvalue weighted by molar-refractivity contribution is 6.05. The monoisotopic (exact) mass is 538 g/mol. The number of carbonyl (C=O) groups excluding carboxylic acids is 2. The third kappa shape index (κ3) is 7.02. The average Bonchev–Trinajstić information content (AvgIpc) is 3.82. The van der Waals surface area contributed by atoms with Crippen molar-refractivity contribution in [3.8, 4) is 0 Å². The lowest BCUT2D eigenvalue weighted by Crippen LogP contribution is -2.31. The normalized spacial score (nSPS) is 19.7. The Hall–Kier alpha value is -3.84. The van der Waals surface area contributed by atoms with Crippen molar-refractivity contribution >= 4 is 23.4 Å². The topological polar surface area (TPSA) is 96.7 Å².